The maximum absolute atomic E-state index is 13.0. The van der Waals surface area contributed by atoms with E-state index in [2.05, 4.69) is 10.6 Å². The van der Waals surface area contributed by atoms with Crippen LogP contribution >= 0.6 is 0 Å². The summed E-state index contributed by atoms with van der Waals surface area (Å²) in [7, 11) is 3.34. The highest BCUT2D eigenvalue weighted by atomic mass is 16.2. The maximum Gasteiger partial charge on any atom is 0.249 e. The van der Waals surface area contributed by atoms with Gasteiger partial charge in [0.1, 0.15) is 12.3 Å². The van der Waals surface area contributed by atoms with E-state index in [-0.39, 0.29) is 17.7 Å². The van der Waals surface area contributed by atoms with Gasteiger partial charge in [-0.3, -0.25) is 24.0 Å². The molecule has 0 aliphatic heterocycles. The summed E-state index contributed by atoms with van der Waals surface area (Å²) >= 11 is 0. The van der Waals surface area contributed by atoms with Crippen LogP contribution in [0.15, 0.2) is 66.7 Å². The largest absolute Gasteiger partial charge is 0.352 e. The molecular formula is C29H36N4O5. The third kappa shape index (κ3) is 10.4. The van der Waals surface area contributed by atoms with Crippen molar-refractivity contribution >= 4 is 36.1 Å². The number of hydrogen-bond donors (Lipinski definition) is 2. The van der Waals surface area contributed by atoms with Gasteiger partial charge in [0.05, 0.1) is 0 Å². The third-order valence-corrected chi connectivity index (χ3v) is 6.08. The van der Waals surface area contributed by atoms with Gasteiger partial charge in [-0.2, -0.15) is 0 Å². The van der Waals surface area contributed by atoms with Gasteiger partial charge >= 0.3 is 0 Å². The Morgan fingerprint density at radius 2 is 1.61 bits per heavy atom. The average molecular weight is 521 g/mol. The first-order valence-corrected chi connectivity index (χ1v) is 12.6. The number of nitrogens with one attached hydrogen (secondary N) is 2. The minimum Gasteiger partial charge on any atom is -0.352 e. The molecule has 38 heavy (non-hydrogen) atoms. The maximum atomic E-state index is 13.0. The molecule has 2 aromatic carbocycles. The SMILES string of the molecule is CN(CCCCCC(=O)NCc1ccc(N(C)C(=O)[C@H](Cc2ccccc2)NC=O)cc1)C(=O)/C=C\C=O. The molecule has 0 bridgehead atoms. The van der Waals surface area contributed by atoms with E-state index < -0.39 is 6.04 Å². The van der Waals surface area contributed by atoms with E-state index in [1.165, 1.54) is 22.0 Å². The number of benzene rings is 2. The Balaban J connectivity index is 1.75. The van der Waals surface area contributed by atoms with Gasteiger partial charge in [0.25, 0.3) is 0 Å². The number of carbonyl (C=O) groups is 5. The second-order valence-electron chi connectivity index (χ2n) is 8.93. The van der Waals surface area contributed by atoms with Crippen LogP contribution in [0.4, 0.5) is 5.69 Å². The molecule has 1 atom stereocenters. The minimum atomic E-state index is -0.681. The van der Waals surface area contributed by atoms with Gasteiger partial charge in [-0.1, -0.05) is 48.9 Å². The van der Waals surface area contributed by atoms with Crippen molar-refractivity contribution in [1.82, 2.24) is 15.5 Å². The van der Waals surface area contributed by atoms with Crippen LogP contribution in [0.25, 0.3) is 0 Å². The number of allylic oxidation sites excluding steroid dienone is 1. The molecule has 0 aromatic heterocycles. The van der Waals surface area contributed by atoms with Crippen LogP contribution in [0.5, 0.6) is 0 Å². The van der Waals surface area contributed by atoms with E-state index in [0.29, 0.717) is 50.7 Å². The van der Waals surface area contributed by atoms with Crippen LogP contribution in [0, 0.1) is 0 Å². The van der Waals surface area contributed by atoms with E-state index in [1.807, 2.05) is 54.6 Å². The first-order chi connectivity index (χ1) is 18.3. The van der Waals surface area contributed by atoms with Gasteiger partial charge in [-0.25, -0.2) is 0 Å². The molecule has 4 amide bonds. The van der Waals surface area contributed by atoms with Crippen molar-refractivity contribution in [2.45, 2.75) is 44.7 Å². The van der Waals surface area contributed by atoms with E-state index in [9.17, 15) is 24.0 Å². The van der Waals surface area contributed by atoms with E-state index in [1.54, 1.807) is 14.1 Å². The Labute approximate surface area is 223 Å². The van der Waals surface area contributed by atoms with Crippen LogP contribution in [-0.2, 0) is 36.9 Å². The fourth-order valence-electron chi connectivity index (χ4n) is 3.81. The first-order valence-electron chi connectivity index (χ1n) is 12.6. The van der Waals surface area contributed by atoms with Crippen molar-refractivity contribution < 1.29 is 24.0 Å². The zero-order chi connectivity index (χ0) is 27.8. The zero-order valence-corrected chi connectivity index (χ0v) is 22.0. The summed E-state index contributed by atoms with van der Waals surface area (Å²) in [5.41, 5.74) is 2.53. The van der Waals surface area contributed by atoms with Gasteiger partial charge in [-0.15, -0.1) is 0 Å². The Hall–Kier alpha value is -4.27. The topological polar surface area (TPSA) is 116 Å². The summed E-state index contributed by atoms with van der Waals surface area (Å²) in [6, 6.07) is 16.1. The minimum absolute atomic E-state index is 0.0524. The molecule has 0 aliphatic rings. The lowest BCUT2D eigenvalue weighted by Crippen LogP contribution is -2.46. The number of anilines is 1. The molecule has 0 heterocycles. The molecule has 0 fully saturated rings. The summed E-state index contributed by atoms with van der Waals surface area (Å²) in [4.78, 5) is 61.3. The normalized spacial score (nSPS) is 11.4. The average Bonchev–Trinajstić information content (AvgIpc) is 2.94. The van der Waals surface area contributed by atoms with Crippen molar-refractivity contribution in [3.05, 3.63) is 77.9 Å². The second kappa shape index (κ2) is 16.5. The van der Waals surface area contributed by atoms with Crippen molar-refractivity contribution in [3.63, 3.8) is 0 Å². The number of nitrogens with zero attached hydrogens (tertiary/aromatic N) is 2. The fraction of sp³-hybridized carbons (Fsp3) is 0.345. The zero-order valence-electron chi connectivity index (χ0n) is 22.0. The fourth-order valence-corrected chi connectivity index (χ4v) is 3.81. The molecule has 0 unspecified atom stereocenters. The molecule has 202 valence electrons. The number of amides is 4. The number of carbonyl (C=O) groups excluding carboxylic acids is 5. The van der Waals surface area contributed by atoms with Gasteiger partial charge in [0.2, 0.25) is 24.1 Å². The van der Waals surface area contributed by atoms with Crippen LogP contribution in [0.1, 0.15) is 36.8 Å². The number of likely N-dealkylation sites (N-methyl/N-ethyl adjacent to an activating group) is 2. The van der Waals surface area contributed by atoms with Crippen molar-refractivity contribution in [2.75, 3.05) is 25.5 Å². The molecule has 0 radical (unpaired) electrons. The second-order valence-corrected chi connectivity index (χ2v) is 8.93. The highest BCUT2D eigenvalue weighted by Crippen LogP contribution is 2.16. The van der Waals surface area contributed by atoms with Crippen molar-refractivity contribution in [3.8, 4) is 0 Å². The molecule has 9 nitrogen and oxygen atoms in total. The first kappa shape index (κ1) is 30.0. The predicted molar refractivity (Wildman–Crippen MR) is 146 cm³/mol. The summed E-state index contributed by atoms with van der Waals surface area (Å²) in [5.74, 6) is -0.501. The van der Waals surface area contributed by atoms with Gasteiger partial charge < -0.3 is 20.4 Å². The molecule has 0 saturated heterocycles. The summed E-state index contributed by atoms with van der Waals surface area (Å²) in [5, 5.41) is 5.52. The summed E-state index contributed by atoms with van der Waals surface area (Å²) in [6.45, 7) is 0.936. The molecule has 0 aliphatic carbocycles. The molecule has 2 aromatic rings. The lowest BCUT2D eigenvalue weighted by atomic mass is 10.0. The van der Waals surface area contributed by atoms with Gasteiger partial charge in [-0.05, 0) is 42.2 Å². The number of aldehydes is 1. The van der Waals surface area contributed by atoms with Gasteiger partial charge in [0, 0.05) is 51.8 Å². The lowest BCUT2D eigenvalue weighted by molar-refractivity contribution is -0.125. The van der Waals surface area contributed by atoms with Crippen LogP contribution < -0.4 is 15.5 Å². The van der Waals surface area contributed by atoms with E-state index in [4.69, 9.17) is 0 Å². The van der Waals surface area contributed by atoms with Crippen molar-refractivity contribution in [2.24, 2.45) is 0 Å². The molecule has 9 heteroatoms. The monoisotopic (exact) mass is 520 g/mol. The van der Waals surface area contributed by atoms with E-state index in [0.717, 1.165) is 24.0 Å². The highest BCUT2D eigenvalue weighted by Gasteiger charge is 2.23. The van der Waals surface area contributed by atoms with Crippen LogP contribution in [0.3, 0.4) is 0 Å². The van der Waals surface area contributed by atoms with E-state index >= 15 is 0 Å². The number of rotatable bonds is 16. The van der Waals surface area contributed by atoms with Crippen LogP contribution in [-0.4, -0.2) is 62.0 Å². The Morgan fingerprint density at radius 1 is 0.895 bits per heavy atom. The third-order valence-electron chi connectivity index (χ3n) is 6.08. The number of unbranched alkanes of at least 4 members (excludes halogenated alkanes) is 2. The Morgan fingerprint density at radius 3 is 2.26 bits per heavy atom. The number of hydrogen-bond acceptors (Lipinski definition) is 5. The van der Waals surface area contributed by atoms with Gasteiger partial charge in [0.15, 0.2) is 0 Å². The Bertz CT molecular complexity index is 1090. The van der Waals surface area contributed by atoms with Crippen LogP contribution in [0.2, 0.25) is 0 Å². The van der Waals surface area contributed by atoms with Crippen molar-refractivity contribution in [1.29, 1.82) is 0 Å². The smallest absolute Gasteiger partial charge is 0.249 e. The Kier molecular flexibility index (Phi) is 13.0. The molecule has 2 N–H and O–H groups in total. The lowest BCUT2D eigenvalue weighted by Gasteiger charge is -2.24. The molecule has 2 rings (SSSR count). The predicted octanol–water partition coefficient (Wildman–Crippen LogP) is 2.40. The quantitative estimate of drug-likeness (QED) is 0.200. The standard InChI is InChI=1S/C29H36N4O5/c1-32(28(37)13-9-19-34)18-8-4-7-12-27(36)30-21-24-14-16-25(17-15-24)33(2)29(38)26(31-22-35)20-23-10-5-3-6-11-23/h3,5-6,9-11,13-17,19,22,26H,4,7-8,12,18,20-21H2,1-2H3,(H,30,36)(H,31,35)/b13-9-/t26-/m0/s1. The summed E-state index contributed by atoms with van der Waals surface area (Å²) < 4.78 is 0. The molecule has 0 spiro atoms. The highest BCUT2D eigenvalue weighted by molar-refractivity contribution is 5.97. The summed E-state index contributed by atoms with van der Waals surface area (Å²) in [6.07, 6.45) is 6.58. The molecule has 0 saturated carbocycles. The molecular weight excluding hydrogens is 484 g/mol.